The zero-order valence-electron chi connectivity index (χ0n) is 16.5. The number of hydrogen-bond donors (Lipinski definition) is 4. The van der Waals surface area contributed by atoms with Crippen LogP contribution in [0.4, 0.5) is 0 Å². The standard InChI is InChI=1S/C21H32N4O3/c26-18(16-7-12-3-1-2-4-14(12)22-16)25-6-5-15-13(8-25)17(24-23-15)20-9-21(10-20,11-20)19(27)28/h12-17,22-24H,1-11H2,(H,27,28). The Labute approximate surface area is 165 Å². The van der Waals surface area contributed by atoms with Gasteiger partial charge in [-0.15, -0.1) is 0 Å². The number of hydrazine groups is 1. The van der Waals surface area contributed by atoms with E-state index in [0.29, 0.717) is 35.9 Å². The van der Waals surface area contributed by atoms with Crippen LogP contribution in [0.15, 0.2) is 0 Å². The van der Waals surface area contributed by atoms with Crippen LogP contribution in [-0.4, -0.2) is 59.1 Å². The third-order valence-electron chi connectivity index (χ3n) is 9.17. The lowest BCUT2D eigenvalue weighted by Gasteiger charge is -2.71. The third-order valence-corrected chi connectivity index (χ3v) is 9.17. The minimum atomic E-state index is -0.619. The van der Waals surface area contributed by atoms with Crippen molar-refractivity contribution in [2.75, 3.05) is 13.1 Å². The lowest BCUT2D eigenvalue weighted by molar-refractivity contribution is -0.236. The number of piperidine rings is 1. The molecular weight excluding hydrogens is 356 g/mol. The van der Waals surface area contributed by atoms with Gasteiger partial charge in [0, 0.05) is 37.1 Å². The molecule has 4 N–H and O–H groups in total. The number of carboxylic acids is 1. The second kappa shape index (κ2) is 5.92. The second-order valence-electron chi connectivity index (χ2n) is 10.7. The highest BCUT2D eigenvalue weighted by molar-refractivity contribution is 5.82. The van der Waals surface area contributed by atoms with E-state index in [2.05, 4.69) is 21.1 Å². The van der Waals surface area contributed by atoms with Gasteiger partial charge >= 0.3 is 5.97 Å². The van der Waals surface area contributed by atoms with Gasteiger partial charge in [-0.2, -0.15) is 0 Å². The van der Waals surface area contributed by atoms with E-state index in [4.69, 9.17) is 0 Å². The van der Waals surface area contributed by atoms with Crippen LogP contribution < -0.4 is 16.2 Å². The van der Waals surface area contributed by atoms with Gasteiger partial charge < -0.3 is 15.3 Å². The fraction of sp³-hybridized carbons (Fsp3) is 0.905. The molecule has 0 spiro atoms. The first-order valence-corrected chi connectivity index (χ1v) is 11.3. The summed E-state index contributed by atoms with van der Waals surface area (Å²) in [6.07, 6.45) is 9.52. The zero-order chi connectivity index (χ0) is 19.1. The fourth-order valence-corrected chi connectivity index (χ4v) is 7.76. The maximum Gasteiger partial charge on any atom is 0.309 e. The molecule has 7 rings (SSSR count). The van der Waals surface area contributed by atoms with Crippen LogP contribution in [0.3, 0.4) is 0 Å². The lowest BCUT2D eigenvalue weighted by Crippen LogP contribution is -2.73. The number of amides is 1. The molecule has 6 unspecified atom stereocenters. The van der Waals surface area contributed by atoms with Crippen molar-refractivity contribution in [3.05, 3.63) is 0 Å². The topological polar surface area (TPSA) is 93.7 Å². The highest BCUT2D eigenvalue weighted by Crippen LogP contribution is 2.75. The van der Waals surface area contributed by atoms with Gasteiger partial charge in [0.2, 0.25) is 5.91 Å². The van der Waals surface area contributed by atoms with Crippen LogP contribution >= 0.6 is 0 Å². The van der Waals surface area contributed by atoms with Gasteiger partial charge in [0.25, 0.3) is 0 Å². The number of rotatable bonds is 3. The molecule has 0 aromatic carbocycles. The molecule has 1 amide bonds. The molecule has 7 fully saturated rings. The monoisotopic (exact) mass is 388 g/mol. The van der Waals surface area contributed by atoms with Crippen molar-refractivity contribution in [2.45, 2.75) is 82.0 Å². The molecular formula is C21H32N4O3. The van der Waals surface area contributed by atoms with E-state index < -0.39 is 11.4 Å². The molecule has 3 aliphatic heterocycles. The Morgan fingerprint density at radius 3 is 2.54 bits per heavy atom. The zero-order valence-corrected chi connectivity index (χ0v) is 16.5. The average Bonchev–Trinajstić information content (AvgIpc) is 3.22. The van der Waals surface area contributed by atoms with Gasteiger partial charge in [-0.1, -0.05) is 12.8 Å². The number of nitrogens with one attached hydrogen (secondary N) is 3. The number of nitrogens with zero attached hydrogens (tertiary/aromatic N) is 1. The molecule has 3 heterocycles. The minimum absolute atomic E-state index is 0.00986. The van der Waals surface area contributed by atoms with Crippen LogP contribution in [0, 0.1) is 22.7 Å². The quantitative estimate of drug-likeness (QED) is 0.573. The Kier molecular flexibility index (Phi) is 3.74. The first-order chi connectivity index (χ1) is 13.5. The summed E-state index contributed by atoms with van der Waals surface area (Å²) < 4.78 is 0. The van der Waals surface area contributed by atoms with Crippen molar-refractivity contribution in [3.63, 3.8) is 0 Å². The summed E-state index contributed by atoms with van der Waals surface area (Å²) in [6, 6.07) is 1.27. The normalized spacial score (nSPS) is 51.6. The van der Waals surface area contributed by atoms with Gasteiger partial charge in [-0.3, -0.25) is 20.4 Å². The lowest BCUT2D eigenvalue weighted by atomic mass is 9.32. The Bertz CT molecular complexity index is 678. The van der Waals surface area contributed by atoms with Crippen LogP contribution in [-0.2, 0) is 9.59 Å². The van der Waals surface area contributed by atoms with E-state index in [-0.39, 0.29) is 11.5 Å². The summed E-state index contributed by atoms with van der Waals surface area (Å²) in [6.45, 7) is 1.64. The molecule has 7 nitrogen and oxygen atoms in total. The second-order valence-corrected chi connectivity index (χ2v) is 10.7. The highest BCUT2D eigenvalue weighted by Gasteiger charge is 2.75. The molecule has 0 aromatic rings. The summed E-state index contributed by atoms with van der Waals surface area (Å²) in [5.74, 6) is 0.772. The maximum atomic E-state index is 13.3. The number of carboxylic acid groups (broad SMARTS) is 1. The first-order valence-electron chi connectivity index (χ1n) is 11.3. The number of hydrogen-bond acceptors (Lipinski definition) is 5. The van der Waals surface area contributed by atoms with E-state index in [1.165, 1.54) is 25.7 Å². The van der Waals surface area contributed by atoms with Crippen LogP contribution in [0.2, 0.25) is 0 Å². The van der Waals surface area contributed by atoms with E-state index in [1.807, 2.05) is 0 Å². The molecule has 7 aliphatic rings. The third kappa shape index (κ3) is 2.33. The molecule has 2 bridgehead atoms. The molecule has 28 heavy (non-hydrogen) atoms. The first kappa shape index (κ1) is 17.7. The minimum Gasteiger partial charge on any atom is -0.481 e. The van der Waals surface area contributed by atoms with Crippen molar-refractivity contribution in [3.8, 4) is 0 Å². The van der Waals surface area contributed by atoms with Gasteiger partial charge in [0.15, 0.2) is 0 Å². The van der Waals surface area contributed by atoms with Crippen molar-refractivity contribution in [2.24, 2.45) is 22.7 Å². The summed E-state index contributed by atoms with van der Waals surface area (Å²) in [7, 11) is 0. The van der Waals surface area contributed by atoms with Crippen LogP contribution in [0.25, 0.3) is 0 Å². The fourth-order valence-electron chi connectivity index (χ4n) is 7.76. The Morgan fingerprint density at radius 2 is 1.79 bits per heavy atom. The largest absolute Gasteiger partial charge is 0.481 e. The Hall–Kier alpha value is -1.18. The molecule has 6 atom stereocenters. The number of aliphatic carboxylic acids is 1. The van der Waals surface area contributed by atoms with Crippen molar-refractivity contribution >= 4 is 11.9 Å². The summed E-state index contributed by atoms with van der Waals surface area (Å²) in [5.41, 5.74) is 6.68. The van der Waals surface area contributed by atoms with Crippen molar-refractivity contribution < 1.29 is 14.7 Å². The predicted molar refractivity (Wildman–Crippen MR) is 102 cm³/mol. The summed E-state index contributed by atoms with van der Waals surface area (Å²) in [4.78, 5) is 26.9. The smallest absolute Gasteiger partial charge is 0.309 e. The molecule has 7 heteroatoms. The van der Waals surface area contributed by atoms with E-state index in [1.54, 1.807) is 0 Å². The predicted octanol–water partition coefficient (Wildman–Crippen LogP) is 0.856. The number of carbonyl (C=O) groups excluding carboxylic acids is 1. The molecule has 3 saturated heterocycles. The molecule has 154 valence electrons. The summed E-state index contributed by atoms with van der Waals surface area (Å²) >= 11 is 0. The number of fused-ring (bicyclic) bond motifs is 2. The molecule has 0 radical (unpaired) electrons. The van der Waals surface area contributed by atoms with Crippen LogP contribution in [0.1, 0.15) is 57.8 Å². The van der Waals surface area contributed by atoms with Gasteiger partial charge in [0.05, 0.1) is 11.5 Å². The van der Waals surface area contributed by atoms with Crippen LogP contribution in [0.5, 0.6) is 0 Å². The van der Waals surface area contributed by atoms with E-state index >= 15 is 0 Å². The Balaban J connectivity index is 1.12. The van der Waals surface area contributed by atoms with Gasteiger partial charge in [-0.05, 0) is 56.3 Å². The SMILES string of the molecule is O=C(C1CC2CCCCC2N1)N1CCC2NNC(C34CC(C(=O)O)(C3)C4)C2C1. The van der Waals surface area contributed by atoms with Gasteiger partial charge in [-0.25, -0.2) is 0 Å². The van der Waals surface area contributed by atoms with E-state index in [0.717, 1.165) is 45.2 Å². The highest BCUT2D eigenvalue weighted by atomic mass is 16.4. The number of carbonyl (C=O) groups is 2. The average molecular weight is 389 g/mol. The van der Waals surface area contributed by atoms with E-state index in [9.17, 15) is 14.7 Å². The molecule has 0 aromatic heterocycles. The molecule has 4 aliphatic carbocycles. The van der Waals surface area contributed by atoms with Crippen molar-refractivity contribution in [1.29, 1.82) is 0 Å². The maximum absolute atomic E-state index is 13.3. The Morgan fingerprint density at radius 1 is 1.00 bits per heavy atom. The number of likely N-dealkylation sites (tertiary alicyclic amines) is 1. The molecule has 4 saturated carbocycles. The summed E-state index contributed by atoms with van der Waals surface area (Å²) in [5, 5.41) is 13.1. The van der Waals surface area contributed by atoms with Crippen molar-refractivity contribution in [1.82, 2.24) is 21.1 Å². The van der Waals surface area contributed by atoms with Gasteiger partial charge in [0.1, 0.15) is 0 Å².